The molecule has 2 aromatic rings. The zero-order valence-electron chi connectivity index (χ0n) is 10.8. The number of aromatic carboxylic acids is 1. The number of rotatable bonds is 2. The van der Waals surface area contributed by atoms with Gasteiger partial charge in [-0.2, -0.15) is 0 Å². The number of aromatic nitrogens is 1. The van der Waals surface area contributed by atoms with Crippen LogP contribution < -0.4 is 10.2 Å². The lowest BCUT2D eigenvalue weighted by Gasteiger charge is -2.28. The van der Waals surface area contributed by atoms with E-state index in [1.165, 1.54) is 0 Å². The van der Waals surface area contributed by atoms with E-state index in [2.05, 4.69) is 31.1 Å². The Labute approximate surface area is 124 Å². The summed E-state index contributed by atoms with van der Waals surface area (Å²) in [6.45, 7) is 3.47. The molecule has 3 rings (SSSR count). The van der Waals surface area contributed by atoms with Gasteiger partial charge >= 0.3 is 5.97 Å². The molecule has 1 aromatic carbocycles. The van der Waals surface area contributed by atoms with Gasteiger partial charge in [0.1, 0.15) is 5.82 Å². The van der Waals surface area contributed by atoms with Crippen LogP contribution in [0, 0.1) is 0 Å². The van der Waals surface area contributed by atoms with Crippen LogP contribution in [0.15, 0.2) is 28.7 Å². The number of carbonyl (C=O) groups is 1. The number of benzene rings is 1. The van der Waals surface area contributed by atoms with E-state index in [1.54, 1.807) is 12.1 Å². The van der Waals surface area contributed by atoms with E-state index in [-0.39, 0.29) is 0 Å². The first-order chi connectivity index (χ1) is 9.65. The first-order valence-corrected chi connectivity index (χ1v) is 7.24. The van der Waals surface area contributed by atoms with Crippen molar-refractivity contribution in [1.82, 2.24) is 10.3 Å². The fourth-order valence-corrected chi connectivity index (χ4v) is 2.78. The maximum absolute atomic E-state index is 11.5. The van der Waals surface area contributed by atoms with E-state index < -0.39 is 5.97 Å². The van der Waals surface area contributed by atoms with Gasteiger partial charge in [-0.3, -0.25) is 0 Å². The van der Waals surface area contributed by atoms with Crippen LogP contribution in [0.2, 0.25) is 0 Å². The zero-order chi connectivity index (χ0) is 14.1. The number of halogens is 1. The smallest absolute Gasteiger partial charge is 0.336 e. The molecule has 6 heteroatoms. The fourth-order valence-electron chi connectivity index (χ4n) is 2.42. The minimum atomic E-state index is -0.924. The van der Waals surface area contributed by atoms with Crippen molar-refractivity contribution in [3.05, 3.63) is 34.3 Å². The predicted molar refractivity (Wildman–Crippen MR) is 81.5 cm³/mol. The van der Waals surface area contributed by atoms with Gasteiger partial charge in [0, 0.05) is 36.0 Å². The average Bonchev–Trinajstić information content (AvgIpc) is 2.47. The number of nitrogens with one attached hydrogen (secondary N) is 1. The third-order valence-electron chi connectivity index (χ3n) is 3.43. The third-order valence-corrected chi connectivity index (χ3v) is 3.92. The lowest BCUT2D eigenvalue weighted by Crippen LogP contribution is -2.44. The highest BCUT2D eigenvalue weighted by Gasteiger charge is 2.17. The SMILES string of the molecule is O=C(O)c1cc(N2CCNCC2)nc2ccc(Br)cc12. The number of anilines is 1. The van der Waals surface area contributed by atoms with Crippen LogP contribution >= 0.6 is 15.9 Å². The normalized spacial score (nSPS) is 15.6. The largest absolute Gasteiger partial charge is 0.478 e. The van der Waals surface area contributed by atoms with E-state index in [0.29, 0.717) is 16.5 Å². The van der Waals surface area contributed by atoms with Crippen LogP contribution in [0.4, 0.5) is 5.82 Å². The quantitative estimate of drug-likeness (QED) is 0.879. The van der Waals surface area contributed by atoms with Crippen molar-refractivity contribution >= 4 is 38.6 Å². The molecule has 2 heterocycles. The van der Waals surface area contributed by atoms with Gasteiger partial charge in [0.15, 0.2) is 0 Å². The van der Waals surface area contributed by atoms with Crippen LogP contribution in [-0.4, -0.2) is 42.2 Å². The third kappa shape index (κ3) is 2.48. The minimum Gasteiger partial charge on any atom is -0.478 e. The van der Waals surface area contributed by atoms with Gasteiger partial charge in [0.2, 0.25) is 0 Å². The first kappa shape index (κ1) is 13.3. The molecule has 0 bridgehead atoms. The van der Waals surface area contributed by atoms with Crippen molar-refractivity contribution < 1.29 is 9.90 Å². The summed E-state index contributed by atoms with van der Waals surface area (Å²) in [6, 6.07) is 7.19. The summed E-state index contributed by atoms with van der Waals surface area (Å²) in [5.41, 5.74) is 1.01. The summed E-state index contributed by atoms with van der Waals surface area (Å²) in [4.78, 5) is 18.2. The van der Waals surface area contributed by atoms with E-state index in [9.17, 15) is 9.90 Å². The number of fused-ring (bicyclic) bond motifs is 1. The van der Waals surface area contributed by atoms with E-state index in [4.69, 9.17) is 0 Å². The summed E-state index contributed by atoms with van der Waals surface area (Å²) >= 11 is 3.37. The highest BCUT2D eigenvalue weighted by Crippen LogP contribution is 2.26. The van der Waals surface area contributed by atoms with Crippen LogP contribution in [0.5, 0.6) is 0 Å². The highest BCUT2D eigenvalue weighted by molar-refractivity contribution is 9.10. The number of hydrogen-bond acceptors (Lipinski definition) is 4. The predicted octanol–water partition coefficient (Wildman–Crippen LogP) is 2.11. The molecule has 20 heavy (non-hydrogen) atoms. The van der Waals surface area contributed by atoms with Gasteiger partial charge in [-0.25, -0.2) is 9.78 Å². The molecule has 1 aliphatic rings. The second-order valence-electron chi connectivity index (χ2n) is 4.73. The highest BCUT2D eigenvalue weighted by atomic mass is 79.9. The minimum absolute atomic E-state index is 0.296. The summed E-state index contributed by atoms with van der Waals surface area (Å²) in [5, 5.41) is 13.4. The number of hydrogen-bond donors (Lipinski definition) is 2. The molecule has 0 radical (unpaired) electrons. The molecule has 2 N–H and O–H groups in total. The van der Waals surface area contributed by atoms with Gasteiger partial charge in [0.25, 0.3) is 0 Å². The topological polar surface area (TPSA) is 65.5 Å². The summed E-state index contributed by atoms with van der Waals surface area (Å²) < 4.78 is 0.851. The van der Waals surface area contributed by atoms with Crippen molar-refractivity contribution in [1.29, 1.82) is 0 Å². The standard InChI is InChI=1S/C14H14BrN3O2/c15-9-1-2-12-10(7-9)11(14(19)20)8-13(17-12)18-5-3-16-4-6-18/h1-2,7-8,16H,3-6H2,(H,19,20). The summed E-state index contributed by atoms with van der Waals surface area (Å²) in [5.74, 6) is -0.189. The second kappa shape index (κ2) is 5.38. The molecule has 0 aliphatic carbocycles. The Hall–Kier alpha value is -1.66. The fraction of sp³-hybridized carbons (Fsp3) is 0.286. The van der Waals surface area contributed by atoms with Crippen molar-refractivity contribution in [2.45, 2.75) is 0 Å². The van der Waals surface area contributed by atoms with Gasteiger partial charge in [-0.05, 0) is 24.3 Å². The zero-order valence-corrected chi connectivity index (χ0v) is 12.4. The van der Waals surface area contributed by atoms with Crippen LogP contribution in [0.25, 0.3) is 10.9 Å². The van der Waals surface area contributed by atoms with E-state index in [0.717, 1.165) is 36.5 Å². The van der Waals surface area contributed by atoms with E-state index in [1.807, 2.05) is 12.1 Å². The lowest BCUT2D eigenvalue weighted by atomic mass is 10.1. The maximum atomic E-state index is 11.5. The van der Waals surface area contributed by atoms with Gasteiger partial charge in [-0.15, -0.1) is 0 Å². The summed E-state index contributed by atoms with van der Waals surface area (Å²) in [6.07, 6.45) is 0. The Balaban J connectivity index is 2.15. The monoisotopic (exact) mass is 335 g/mol. The van der Waals surface area contributed by atoms with Gasteiger partial charge < -0.3 is 15.3 Å². The Morgan fingerprint density at radius 3 is 2.75 bits per heavy atom. The Morgan fingerprint density at radius 2 is 2.05 bits per heavy atom. The second-order valence-corrected chi connectivity index (χ2v) is 5.65. The first-order valence-electron chi connectivity index (χ1n) is 6.44. The number of carboxylic acids is 1. The average molecular weight is 336 g/mol. The Morgan fingerprint density at radius 1 is 1.30 bits per heavy atom. The van der Waals surface area contributed by atoms with Crippen molar-refractivity contribution in [2.24, 2.45) is 0 Å². The lowest BCUT2D eigenvalue weighted by molar-refractivity contribution is 0.0699. The molecule has 0 atom stereocenters. The maximum Gasteiger partial charge on any atom is 0.336 e. The molecule has 1 saturated heterocycles. The van der Waals surface area contributed by atoms with Crippen LogP contribution in [0.1, 0.15) is 10.4 Å². The molecule has 0 spiro atoms. The van der Waals surface area contributed by atoms with Gasteiger partial charge in [0.05, 0.1) is 11.1 Å². The Bertz CT molecular complexity index is 669. The molecule has 1 fully saturated rings. The molecule has 0 saturated carbocycles. The molecule has 1 aromatic heterocycles. The molecule has 1 aliphatic heterocycles. The number of carboxylic acid groups (broad SMARTS) is 1. The van der Waals surface area contributed by atoms with Crippen molar-refractivity contribution in [3.8, 4) is 0 Å². The van der Waals surface area contributed by atoms with Crippen molar-refractivity contribution in [2.75, 3.05) is 31.1 Å². The molecule has 0 unspecified atom stereocenters. The molecular formula is C14H14BrN3O2. The van der Waals surface area contributed by atoms with Crippen LogP contribution in [0.3, 0.4) is 0 Å². The van der Waals surface area contributed by atoms with E-state index >= 15 is 0 Å². The molecule has 5 nitrogen and oxygen atoms in total. The van der Waals surface area contributed by atoms with Crippen molar-refractivity contribution in [3.63, 3.8) is 0 Å². The number of nitrogens with zero attached hydrogens (tertiary/aromatic N) is 2. The number of piperazine rings is 1. The number of pyridine rings is 1. The molecule has 104 valence electrons. The molecular weight excluding hydrogens is 322 g/mol. The van der Waals surface area contributed by atoms with Crippen LogP contribution in [-0.2, 0) is 0 Å². The molecule has 0 amide bonds. The summed E-state index contributed by atoms with van der Waals surface area (Å²) in [7, 11) is 0. The Kier molecular flexibility index (Phi) is 3.58. The van der Waals surface area contributed by atoms with Gasteiger partial charge in [-0.1, -0.05) is 15.9 Å².